The largest absolute Gasteiger partial charge is 0.397 e. The minimum absolute atomic E-state index is 0.520. The number of nitrogens with two attached hydrogens (primary N) is 1. The van der Waals surface area contributed by atoms with Crippen molar-refractivity contribution in [1.29, 1.82) is 0 Å². The molecule has 1 saturated heterocycles. The van der Waals surface area contributed by atoms with Crippen molar-refractivity contribution in [2.24, 2.45) is 7.05 Å². The van der Waals surface area contributed by atoms with Crippen LogP contribution in [0.2, 0.25) is 0 Å². The van der Waals surface area contributed by atoms with E-state index in [1.807, 2.05) is 48.4 Å². The maximum atomic E-state index is 6.34. The number of pyridine rings is 1. The molecule has 0 spiro atoms. The van der Waals surface area contributed by atoms with E-state index in [-0.39, 0.29) is 0 Å². The summed E-state index contributed by atoms with van der Waals surface area (Å²) < 4.78 is 3.96. The first kappa shape index (κ1) is 18.7. The fourth-order valence-corrected chi connectivity index (χ4v) is 4.61. The van der Waals surface area contributed by atoms with E-state index in [0.717, 1.165) is 33.9 Å². The number of nitrogen functional groups attached to an aromatic ring is 1. The number of imidazole rings is 1. The molecule has 1 aliphatic rings. The third-order valence-corrected chi connectivity index (χ3v) is 6.11. The standard InChI is InChI=1S/C23H27N7/c1-15-7-8-16(2)30(15)21-10-9-17(13-25-21)23-26-20-6-4-5-19(24)22(20)29(23)14-18-11-12-28(3)27-18/h4-6,9-13,15-16H,7-8,14,24H2,1-3H3/t15-,16-/m0/s1. The summed E-state index contributed by atoms with van der Waals surface area (Å²) in [5.74, 6) is 1.89. The van der Waals surface area contributed by atoms with Gasteiger partial charge in [0, 0.05) is 37.1 Å². The molecule has 1 aliphatic heterocycles. The Hall–Kier alpha value is -3.35. The normalized spacial score (nSPS) is 19.1. The van der Waals surface area contributed by atoms with Crippen molar-refractivity contribution in [2.45, 2.75) is 45.3 Å². The maximum Gasteiger partial charge on any atom is 0.143 e. The molecule has 30 heavy (non-hydrogen) atoms. The van der Waals surface area contributed by atoms with E-state index >= 15 is 0 Å². The molecule has 1 aromatic carbocycles. The van der Waals surface area contributed by atoms with Gasteiger partial charge in [-0.2, -0.15) is 5.10 Å². The zero-order valence-electron chi connectivity index (χ0n) is 17.7. The van der Waals surface area contributed by atoms with Crippen molar-refractivity contribution >= 4 is 22.5 Å². The lowest BCUT2D eigenvalue weighted by Crippen LogP contribution is -2.33. The van der Waals surface area contributed by atoms with Crippen molar-refractivity contribution in [3.63, 3.8) is 0 Å². The van der Waals surface area contributed by atoms with Gasteiger partial charge in [-0.05, 0) is 57.0 Å². The van der Waals surface area contributed by atoms with Gasteiger partial charge in [-0.1, -0.05) is 6.07 Å². The van der Waals surface area contributed by atoms with Crippen LogP contribution in [0.3, 0.4) is 0 Å². The molecular weight excluding hydrogens is 374 g/mol. The molecule has 4 aromatic rings. The molecule has 0 unspecified atom stereocenters. The Bertz CT molecular complexity index is 1180. The maximum absolute atomic E-state index is 6.34. The molecule has 154 valence electrons. The van der Waals surface area contributed by atoms with Crippen LogP contribution in [0.5, 0.6) is 0 Å². The molecule has 5 rings (SSSR count). The van der Waals surface area contributed by atoms with Gasteiger partial charge in [-0.3, -0.25) is 4.68 Å². The molecule has 1 fully saturated rings. The van der Waals surface area contributed by atoms with Gasteiger partial charge in [0.25, 0.3) is 0 Å². The van der Waals surface area contributed by atoms with E-state index in [1.54, 1.807) is 0 Å². The minimum Gasteiger partial charge on any atom is -0.397 e. The van der Waals surface area contributed by atoms with Crippen LogP contribution in [0.4, 0.5) is 11.5 Å². The smallest absolute Gasteiger partial charge is 0.143 e. The number of fused-ring (bicyclic) bond motifs is 1. The van der Waals surface area contributed by atoms with Gasteiger partial charge in [0.1, 0.15) is 11.6 Å². The van der Waals surface area contributed by atoms with Crippen LogP contribution in [0.1, 0.15) is 32.4 Å². The summed E-state index contributed by atoms with van der Waals surface area (Å²) in [5.41, 5.74) is 10.8. The van der Waals surface area contributed by atoms with E-state index in [1.165, 1.54) is 12.8 Å². The highest BCUT2D eigenvalue weighted by atomic mass is 15.3. The van der Waals surface area contributed by atoms with Crippen LogP contribution in [-0.2, 0) is 13.6 Å². The van der Waals surface area contributed by atoms with Crippen LogP contribution in [0.25, 0.3) is 22.4 Å². The molecule has 0 aliphatic carbocycles. The van der Waals surface area contributed by atoms with Gasteiger partial charge >= 0.3 is 0 Å². The highest BCUT2D eigenvalue weighted by molar-refractivity contribution is 5.90. The lowest BCUT2D eigenvalue weighted by atomic mass is 10.2. The second kappa shape index (κ2) is 7.16. The SMILES string of the molecule is C[C@H]1CC[C@H](C)N1c1ccc(-c2nc3cccc(N)c3n2Cc2ccn(C)n2)cn1. The molecular formula is C23H27N7. The molecule has 3 aromatic heterocycles. The van der Waals surface area contributed by atoms with E-state index < -0.39 is 0 Å². The summed E-state index contributed by atoms with van der Waals surface area (Å²) in [6, 6.07) is 13.1. The first-order valence-electron chi connectivity index (χ1n) is 10.5. The molecule has 0 bridgehead atoms. The van der Waals surface area contributed by atoms with Gasteiger partial charge in [0.05, 0.1) is 29.0 Å². The lowest BCUT2D eigenvalue weighted by Gasteiger charge is -2.27. The Morgan fingerprint density at radius 2 is 1.87 bits per heavy atom. The van der Waals surface area contributed by atoms with Crippen LogP contribution in [0, 0.1) is 0 Å². The number of hydrogen-bond acceptors (Lipinski definition) is 5. The number of para-hydroxylation sites is 1. The predicted molar refractivity (Wildman–Crippen MR) is 120 cm³/mol. The quantitative estimate of drug-likeness (QED) is 0.526. The Kier molecular flexibility index (Phi) is 4.46. The molecule has 2 atom stereocenters. The second-order valence-electron chi connectivity index (χ2n) is 8.31. The van der Waals surface area contributed by atoms with E-state index in [0.29, 0.717) is 24.3 Å². The van der Waals surface area contributed by atoms with Crippen molar-refractivity contribution in [3.8, 4) is 11.4 Å². The Morgan fingerprint density at radius 1 is 1.07 bits per heavy atom. The predicted octanol–water partition coefficient (Wildman–Crippen LogP) is 3.84. The van der Waals surface area contributed by atoms with Crippen LogP contribution in [0.15, 0.2) is 48.8 Å². The zero-order chi connectivity index (χ0) is 20.8. The highest BCUT2D eigenvalue weighted by Crippen LogP contribution is 2.32. The van der Waals surface area contributed by atoms with Gasteiger partial charge in [-0.25, -0.2) is 9.97 Å². The Balaban J connectivity index is 1.58. The lowest BCUT2D eigenvalue weighted by molar-refractivity contribution is 0.683. The molecule has 7 nitrogen and oxygen atoms in total. The average Bonchev–Trinajstić information content (AvgIpc) is 3.41. The monoisotopic (exact) mass is 401 g/mol. The summed E-state index contributed by atoms with van der Waals surface area (Å²) >= 11 is 0. The van der Waals surface area contributed by atoms with E-state index in [2.05, 4.69) is 40.5 Å². The van der Waals surface area contributed by atoms with Gasteiger partial charge in [0.15, 0.2) is 0 Å². The summed E-state index contributed by atoms with van der Waals surface area (Å²) in [4.78, 5) is 12.1. The van der Waals surface area contributed by atoms with E-state index in [4.69, 9.17) is 15.7 Å². The molecule has 0 amide bonds. The summed E-state index contributed by atoms with van der Waals surface area (Å²) in [6.07, 6.45) is 6.30. The first-order chi connectivity index (χ1) is 14.5. The average molecular weight is 402 g/mol. The summed E-state index contributed by atoms with van der Waals surface area (Å²) in [5, 5.41) is 4.54. The van der Waals surface area contributed by atoms with Crippen LogP contribution < -0.4 is 10.6 Å². The number of aryl methyl sites for hydroxylation is 1. The van der Waals surface area contributed by atoms with Gasteiger partial charge in [0.2, 0.25) is 0 Å². The van der Waals surface area contributed by atoms with Crippen molar-refractivity contribution in [2.75, 3.05) is 10.6 Å². The topological polar surface area (TPSA) is 77.8 Å². The van der Waals surface area contributed by atoms with Crippen molar-refractivity contribution in [3.05, 3.63) is 54.5 Å². The number of rotatable bonds is 4. The molecule has 0 radical (unpaired) electrons. The van der Waals surface area contributed by atoms with Gasteiger partial charge < -0.3 is 15.2 Å². The highest BCUT2D eigenvalue weighted by Gasteiger charge is 2.28. The Labute approximate surface area is 176 Å². The number of aromatic nitrogens is 5. The number of benzene rings is 1. The van der Waals surface area contributed by atoms with Crippen molar-refractivity contribution < 1.29 is 0 Å². The molecule has 0 saturated carbocycles. The fourth-order valence-electron chi connectivity index (χ4n) is 4.61. The zero-order valence-corrected chi connectivity index (χ0v) is 17.7. The number of nitrogens with zero attached hydrogens (tertiary/aromatic N) is 6. The summed E-state index contributed by atoms with van der Waals surface area (Å²) in [6.45, 7) is 5.14. The third-order valence-electron chi connectivity index (χ3n) is 6.11. The van der Waals surface area contributed by atoms with Crippen LogP contribution >= 0.6 is 0 Å². The Morgan fingerprint density at radius 3 is 2.53 bits per heavy atom. The third kappa shape index (κ3) is 3.10. The summed E-state index contributed by atoms with van der Waals surface area (Å²) in [7, 11) is 1.92. The minimum atomic E-state index is 0.520. The number of hydrogen-bond donors (Lipinski definition) is 1. The second-order valence-corrected chi connectivity index (χ2v) is 8.31. The fraction of sp³-hybridized carbons (Fsp3) is 0.348. The van der Waals surface area contributed by atoms with Crippen LogP contribution in [-0.4, -0.2) is 36.4 Å². The molecule has 2 N–H and O–H groups in total. The molecule has 4 heterocycles. The van der Waals surface area contributed by atoms with E-state index in [9.17, 15) is 0 Å². The van der Waals surface area contributed by atoms with Gasteiger partial charge in [-0.15, -0.1) is 0 Å². The number of anilines is 2. The first-order valence-corrected chi connectivity index (χ1v) is 10.5. The molecule has 7 heteroatoms. The van der Waals surface area contributed by atoms with Crippen molar-refractivity contribution in [1.82, 2.24) is 24.3 Å².